The largest absolute Gasteiger partial charge is 0.384 e. The number of hydrogen-bond donors (Lipinski definition) is 2. The predicted octanol–water partition coefficient (Wildman–Crippen LogP) is 0.712. The van der Waals surface area contributed by atoms with Gasteiger partial charge in [0.05, 0.1) is 0 Å². The Balaban J connectivity index is 1.86. The van der Waals surface area contributed by atoms with Crippen molar-refractivity contribution in [1.29, 1.82) is 0 Å². The van der Waals surface area contributed by atoms with Crippen molar-refractivity contribution in [3.63, 3.8) is 0 Å². The van der Waals surface area contributed by atoms with Crippen LogP contribution in [0.5, 0.6) is 0 Å². The molecular weight excluding hydrogens is 252 g/mol. The van der Waals surface area contributed by atoms with Crippen molar-refractivity contribution in [3.05, 3.63) is 35.4 Å². The van der Waals surface area contributed by atoms with Crippen LogP contribution in [0.4, 0.5) is 0 Å². The molecule has 1 saturated heterocycles. The van der Waals surface area contributed by atoms with Gasteiger partial charge in [0.2, 0.25) is 0 Å². The summed E-state index contributed by atoms with van der Waals surface area (Å²) >= 11 is 0. The van der Waals surface area contributed by atoms with Gasteiger partial charge in [0, 0.05) is 24.2 Å². The van der Waals surface area contributed by atoms with Crippen LogP contribution in [0.3, 0.4) is 0 Å². The number of carbonyl (C=O) groups is 1. The Kier molecular flexibility index (Phi) is 5.16. The fourth-order valence-corrected chi connectivity index (χ4v) is 2.38. The highest BCUT2D eigenvalue weighted by atomic mass is 16.2. The van der Waals surface area contributed by atoms with Gasteiger partial charge in [-0.1, -0.05) is 11.8 Å². The molecule has 0 spiro atoms. The summed E-state index contributed by atoms with van der Waals surface area (Å²) in [5, 5.41) is 11.6. The zero-order chi connectivity index (χ0) is 14.4. The van der Waals surface area contributed by atoms with Crippen molar-refractivity contribution in [3.8, 4) is 11.8 Å². The average molecular weight is 272 g/mol. The summed E-state index contributed by atoms with van der Waals surface area (Å²) < 4.78 is 0. The number of aliphatic hydroxyl groups is 1. The van der Waals surface area contributed by atoms with Gasteiger partial charge >= 0.3 is 0 Å². The molecule has 4 nitrogen and oxygen atoms in total. The van der Waals surface area contributed by atoms with Gasteiger partial charge in [-0.05, 0) is 50.2 Å². The maximum atomic E-state index is 12.0. The van der Waals surface area contributed by atoms with Crippen LogP contribution < -0.4 is 5.32 Å². The number of likely N-dealkylation sites (tertiary alicyclic amines) is 1. The van der Waals surface area contributed by atoms with Crippen LogP contribution in [0.1, 0.15) is 22.3 Å². The van der Waals surface area contributed by atoms with Crippen molar-refractivity contribution < 1.29 is 9.90 Å². The summed E-state index contributed by atoms with van der Waals surface area (Å²) in [4.78, 5) is 14.3. The standard InChI is InChI=1S/C16H20N2O2/c1-18-9-8-14(12-18)11-17-16(20)15-6-4-13(5-7-15)3-2-10-19/h4-7,14,19H,8-12H2,1H3,(H,17,20). The van der Waals surface area contributed by atoms with Gasteiger partial charge in [0.25, 0.3) is 5.91 Å². The number of aliphatic hydroxyl groups excluding tert-OH is 1. The van der Waals surface area contributed by atoms with Crippen molar-refractivity contribution in [2.75, 3.05) is 33.3 Å². The highest BCUT2D eigenvalue weighted by molar-refractivity contribution is 5.94. The number of hydrogen-bond acceptors (Lipinski definition) is 3. The predicted molar refractivity (Wildman–Crippen MR) is 78.3 cm³/mol. The second-order valence-corrected chi connectivity index (χ2v) is 5.16. The normalized spacial score (nSPS) is 18.4. The SMILES string of the molecule is CN1CCC(CNC(=O)c2ccc(C#CCO)cc2)C1. The van der Waals surface area contributed by atoms with E-state index in [1.165, 1.54) is 0 Å². The molecule has 4 heteroatoms. The first-order chi connectivity index (χ1) is 9.69. The molecule has 1 aromatic rings. The van der Waals surface area contributed by atoms with Gasteiger partial charge in [0.1, 0.15) is 6.61 Å². The Bertz CT molecular complexity index is 514. The molecule has 20 heavy (non-hydrogen) atoms. The van der Waals surface area contributed by atoms with Crippen LogP contribution in [-0.2, 0) is 0 Å². The van der Waals surface area contributed by atoms with Crippen LogP contribution in [0.15, 0.2) is 24.3 Å². The molecule has 2 N–H and O–H groups in total. The van der Waals surface area contributed by atoms with E-state index in [9.17, 15) is 4.79 Å². The fraction of sp³-hybridized carbons (Fsp3) is 0.438. The number of rotatable bonds is 3. The Hall–Kier alpha value is -1.83. The summed E-state index contributed by atoms with van der Waals surface area (Å²) in [5.41, 5.74) is 1.44. The van der Waals surface area contributed by atoms with E-state index in [1.807, 2.05) is 0 Å². The lowest BCUT2D eigenvalue weighted by Gasteiger charge is -2.11. The minimum absolute atomic E-state index is 0.0405. The minimum atomic E-state index is -0.155. The summed E-state index contributed by atoms with van der Waals surface area (Å²) in [6.07, 6.45) is 1.15. The van der Waals surface area contributed by atoms with Gasteiger partial charge in [-0.3, -0.25) is 4.79 Å². The number of amides is 1. The van der Waals surface area contributed by atoms with E-state index in [0.717, 1.165) is 31.6 Å². The maximum absolute atomic E-state index is 12.0. The maximum Gasteiger partial charge on any atom is 0.251 e. The van der Waals surface area contributed by atoms with E-state index >= 15 is 0 Å². The number of nitrogens with zero attached hydrogens (tertiary/aromatic N) is 1. The average Bonchev–Trinajstić information content (AvgIpc) is 2.89. The van der Waals surface area contributed by atoms with E-state index in [0.29, 0.717) is 11.5 Å². The first-order valence-electron chi connectivity index (χ1n) is 6.85. The monoisotopic (exact) mass is 272 g/mol. The fourth-order valence-electron chi connectivity index (χ4n) is 2.38. The lowest BCUT2D eigenvalue weighted by Crippen LogP contribution is -2.30. The Morgan fingerprint density at radius 1 is 1.45 bits per heavy atom. The van der Waals surface area contributed by atoms with Crippen LogP contribution in [-0.4, -0.2) is 49.2 Å². The highest BCUT2D eigenvalue weighted by Crippen LogP contribution is 2.13. The summed E-state index contributed by atoms with van der Waals surface area (Å²) in [5.74, 6) is 5.90. The third-order valence-electron chi connectivity index (χ3n) is 3.50. The Morgan fingerprint density at radius 3 is 2.80 bits per heavy atom. The number of benzene rings is 1. The Labute approximate surface area is 119 Å². The molecule has 0 aromatic heterocycles. The molecule has 1 atom stereocenters. The van der Waals surface area contributed by atoms with Gasteiger partial charge in [-0.15, -0.1) is 0 Å². The summed E-state index contributed by atoms with van der Waals surface area (Å²) in [6.45, 7) is 2.74. The molecule has 1 amide bonds. The lowest BCUT2D eigenvalue weighted by atomic mass is 10.1. The van der Waals surface area contributed by atoms with Gasteiger partial charge < -0.3 is 15.3 Å². The number of carbonyl (C=O) groups excluding carboxylic acids is 1. The quantitative estimate of drug-likeness (QED) is 0.797. The zero-order valence-electron chi connectivity index (χ0n) is 11.7. The van der Waals surface area contributed by atoms with Crippen LogP contribution in [0.25, 0.3) is 0 Å². The molecule has 2 rings (SSSR count). The molecule has 0 radical (unpaired) electrons. The van der Waals surface area contributed by atoms with Crippen molar-refractivity contribution in [2.24, 2.45) is 5.92 Å². The molecule has 1 aliphatic rings. The van der Waals surface area contributed by atoms with E-state index in [1.54, 1.807) is 24.3 Å². The van der Waals surface area contributed by atoms with Crippen LogP contribution in [0, 0.1) is 17.8 Å². The minimum Gasteiger partial charge on any atom is -0.384 e. The molecule has 0 aliphatic carbocycles. The molecule has 1 unspecified atom stereocenters. The topological polar surface area (TPSA) is 52.6 Å². The van der Waals surface area contributed by atoms with Crippen LogP contribution in [0.2, 0.25) is 0 Å². The third-order valence-corrected chi connectivity index (χ3v) is 3.50. The van der Waals surface area contributed by atoms with Crippen LogP contribution >= 0.6 is 0 Å². The molecule has 1 fully saturated rings. The molecule has 0 saturated carbocycles. The first kappa shape index (κ1) is 14.6. The second-order valence-electron chi connectivity index (χ2n) is 5.16. The number of nitrogens with one attached hydrogen (secondary N) is 1. The zero-order valence-corrected chi connectivity index (χ0v) is 11.7. The molecular formula is C16H20N2O2. The molecule has 106 valence electrons. The van der Waals surface area contributed by atoms with Gasteiger partial charge in [0.15, 0.2) is 0 Å². The molecule has 1 aliphatic heterocycles. The second kappa shape index (κ2) is 7.09. The summed E-state index contributed by atoms with van der Waals surface area (Å²) in [6, 6.07) is 7.11. The lowest BCUT2D eigenvalue weighted by molar-refractivity contribution is 0.0947. The van der Waals surface area contributed by atoms with Crippen molar-refractivity contribution in [1.82, 2.24) is 10.2 Å². The van der Waals surface area contributed by atoms with Gasteiger partial charge in [-0.2, -0.15) is 0 Å². The van der Waals surface area contributed by atoms with Gasteiger partial charge in [-0.25, -0.2) is 0 Å². The summed E-state index contributed by atoms with van der Waals surface area (Å²) in [7, 11) is 2.11. The Morgan fingerprint density at radius 2 is 2.20 bits per heavy atom. The molecule has 0 bridgehead atoms. The van der Waals surface area contributed by atoms with Crippen molar-refractivity contribution >= 4 is 5.91 Å². The molecule has 1 aromatic carbocycles. The third kappa shape index (κ3) is 4.09. The molecule has 1 heterocycles. The van der Waals surface area contributed by atoms with E-state index in [4.69, 9.17) is 5.11 Å². The van der Waals surface area contributed by atoms with E-state index in [2.05, 4.69) is 29.1 Å². The highest BCUT2D eigenvalue weighted by Gasteiger charge is 2.19. The smallest absolute Gasteiger partial charge is 0.251 e. The van der Waals surface area contributed by atoms with Crippen molar-refractivity contribution in [2.45, 2.75) is 6.42 Å². The van der Waals surface area contributed by atoms with E-state index < -0.39 is 0 Å². The van der Waals surface area contributed by atoms with E-state index in [-0.39, 0.29) is 12.5 Å². The first-order valence-corrected chi connectivity index (χ1v) is 6.85.